The molecule has 0 saturated carbocycles. The third kappa shape index (κ3) is 2.07. The van der Waals surface area contributed by atoms with E-state index in [1.54, 1.807) is 19.1 Å². The first-order valence-electron chi connectivity index (χ1n) is 3.95. The molecular weight excluding hydrogens is 233 g/mol. The van der Waals surface area contributed by atoms with Crippen LogP contribution in [0.15, 0.2) is 22.7 Å². The van der Waals surface area contributed by atoms with E-state index in [-0.39, 0.29) is 5.92 Å². The zero-order valence-electron chi connectivity index (χ0n) is 7.22. The topological polar surface area (TPSA) is 23.8 Å². The lowest BCUT2D eigenvalue weighted by molar-refractivity contribution is 0.446. The summed E-state index contributed by atoms with van der Waals surface area (Å²) in [6.45, 7) is 1.38. The van der Waals surface area contributed by atoms with E-state index < -0.39 is 6.67 Å². The lowest BCUT2D eigenvalue weighted by atomic mass is 10.0. The summed E-state index contributed by atoms with van der Waals surface area (Å²) in [6.07, 6.45) is 0. The van der Waals surface area contributed by atoms with Crippen molar-refractivity contribution in [3.8, 4) is 6.07 Å². The molecule has 0 N–H and O–H groups in total. The normalized spacial score (nSPS) is 12.2. The Morgan fingerprint density at radius 3 is 2.85 bits per heavy atom. The van der Waals surface area contributed by atoms with Crippen molar-refractivity contribution in [2.24, 2.45) is 0 Å². The van der Waals surface area contributed by atoms with Crippen LogP contribution in [-0.2, 0) is 0 Å². The molecule has 1 unspecified atom stereocenters. The van der Waals surface area contributed by atoms with E-state index >= 15 is 0 Å². The highest BCUT2D eigenvalue weighted by Gasteiger charge is 2.11. The Hall–Kier alpha value is -0.880. The number of halogens is 2. The third-order valence-electron chi connectivity index (χ3n) is 1.91. The van der Waals surface area contributed by atoms with Gasteiger partial charge in [0.1, 0.15) is 6.07 Å². The van der Waals surface area contributed by atoms with Crippen LogP contribution in [0.25, 0.3) is 0 Å². The molecule has 0 spiro atoms. The molecule has 68 valence electrons. The highest BCUT2D eigenvalue weighted by Crippen LogP contribution is 2.27. The SMILES string of the molecule is CC(CF)c1cccc(C#N)c1Br. The summed E-state index contributed by atoms with van der Waals surface area (Å²) in [5, 5.41) is 8.72. The Kier molecular flexibility index (Phi) is 3.44. The van der Waals surface area contributed by atoms with Crippen molar-refractivity contribution in [2.75, 3.05) is 6.67 Å². The highest BCUT2D eigenvalue weighted by atomic mass is 79.9. The van der Waals surface area contributed by atoms with Gasteiger partial charge in [0.05, 0.1) is 12.2 Å². The molecule has 1 rings (SSSR count). The highest BCUT2D eigenvalue weighted by molar-refractivity contribution is 9.10. The molecule has 0 fully saturated rings. The van der Waals surface area contributed by atoms with Crippen LogP contribution in [0.1, 0.15) is 24.0 Å². The first-order valence-corrected chi connectivity index (χ1v) is 4.74. The van der Waals surface area contributed by atoms with Gasteiger partial charge in [-0.15, -0.1) is 0 Å². The Labute approximate surface area is 85.3 Å². The zero-order valence-corrected chi connectivity index (χ0v) is 8.81. The number of hydrogen-bond donors (Lipinski definition) is 0. The molecule has 1 atom stereocenters. The average molecular weight is 242 g/mol. The first-order chi connectivity index (χ1) is 6.20. The minimum absolute atomic E-state index is 0.164. The van der Waals surface area contributed by atoms with Crippen LogP contribution in [0.4, 0.5) is 4.39 Å². The molecule has 0 aliphatic heterocycles. The Morgan fingerprint density at radius 1 is 1.62 bits per heavy atom. The maximum Gasteiger partial charge on any atom is 0.100 e. The predicted octanol–water partition coefficient (Wildman–Crippen LogP) is 3.39. The minimum Gasteiger partial charge on any atom is -0.250 e. The van der Waals surface area contributed by atoms with Crippen molar-refractivity contribution in [2.45, 2.75) is 12.8 Å². The van der Waals surface area contributed by atoms with Gasteiger partial charge in [0, 0.05) is 10.4 Å². The van der Waals surface area contributed by atoms with Crippen LogP contribution in [0.2, 0.25) is 0 Å². The van der Waals surface area contributed by atoms with E-state index in [4.69, 9.17) is 5.26 Å². The lowest BCUT2D eigenvalue weighted by Gasteiger charge is -2.09. The monoisotopic (exact) mass is 241 g/mol. The molecule has 0 saturated heterocycles. The van der Waals surface area contributed by atoms with Crippen LogP contribution in [0.3, 0.4) is 0 Å². The Morgan fingerprint density at radius 2 is 2.31 bits per heavy atom. The Bertz CT molecular complexity index is 343. The van der Waals surface area contributed by atoms with Crippen molar-refractivity contribution in [3.05, 3.63) is 33.8 Å². The fourth-order valence-corrected chi connectivity index (χ4v) is 1.84. The quantitative estimate of drug-likeness (QED) is 0.779. The number of alkyl halides is 1. The molecule has 0 bridgehead atoms. The largest absolute Gasteiger partial charge is 0.250 e. The summed E-state index contributed by atoms with van der Waals surface area (Å²) < 4.78 is 13.1. The van der Waals surface area contributed by atoms with Gasteiger partial charge in [0.25, 0.3) is 0 Å². The smallest absolute Gasteiger partial charge is 0.100 e. The van der Waals surface area contributed by atoms with Crippen molar-refractivity contribution < 1.29 is 4.39 Å². The molecule has 1 aromatic carbocycles. The van der Waals surface area contributed by atoms with Crippen LogP contribution < -0.4 is 0 Å². The van der Waals surface area contributed by atoms with Crippen LogP contribution in [0, 0.1) is 11.3 Å². The maximum atomic E-state index is 12.4. The van der Waals surface area contributed by atoms with Gasteiger partial charge in [-0.25, -0.2) is 0 Å². The summed E-state index contributed by atoms with van der Waals surface area (Å²) >= 11 is 3.29. The summed E-state index contributed by atoms with van der Waals surface area (Å²) in [6, 6.07) is 7.35. The number of nitriles is 1. The van der Waals surface area contributed by atoms with E-state index in [2.05, 4.69) is 15.9 Å². The number of hydrogen-bond acceptors (Lipinski definition) is 1. The van der Waals surface area contributed by atoms with E-state index in [1.807, 2.05) is 12.1 Å². The minimum atomic E-state index is -0.409. The maximum absolute atomic E-state index is 12.4. The average Bonchev–Trinajstić information content (AvgIpc) is 2.17. The number of rotatable bonds is 2. The van der Waals surface area contributed by atoms with Crippen molar-refractivity contribution in [3.63, 3.8) is 0 Å². The number of nitrogens with zero attached hydrogens (tertiary/aromatic N) is 1. The van der Waals surface area contributed by atoms with E-state index in [9.17, 15) is 4.39 Å². The molecular formula is C10H9BrFN. The van der Waals surface area contributed by atoms with Crippen molar-refractivity contribution in [1.82, 2.24) is 0 Å². The third-order valence-corrected chi connectivity index (χ3v) is 2.80. The lowest BCUT2D eigenvalue weighted by Crippen LogP contribution is -1.97. The van der Waals surface area contributed by atoms with Gasteiger partial charge in [0.2, 0.25) is 0 Å². The predicted molar refractivity (Wildman–Crippen MR) is 53.2 cm³/mol. The van der Waals surface area contributed by atoms with Crippen molar-refractivity contribution >= 4 is 15.9 Å². The summed E-state index contributed by atoms with van der Waals surface area (Å²) in [5.74, 6) is -0.164. The molecule has 3 heteroatoms. The van der Waals surface area contributed by atoms with Gasteiger partial charge in [-0.1, -0.05) is 19.1 Å². The second kappa shape index (κ2) is 4.38. The van der Waals surface area contributed by atoms with Gasteiger partial charge in [0.15, 0.2) is 0 Å². The van der Waals surface area contributed by atoms with Gasteiger partial charge in [-0.05, 0) is 27.6 Å². The molecule has 0 aromatic heterocycles. The van der Waals surface area contributed by atoms with E-state index in [0.717, 1.165) is 5.56 Å². The molecule has 1 aromatic rings. The van der Waals surface area contributed by atoms with E-state index in [0.29, 0.717) is 10.0 Å². The number of benzene rings is 1. The molecule has 0 aliphatic carbocycles. The fraction of sp³-hybridized carbons (Fsp3) is 0.300. The molecule has 13 heavy (non-hydrogen) atoms. The summed E-state index contributed by atoms with van der Waals surface area (Å²) in [4.78, 5) is 0. The zero-order chi connectivity index (χ0) is 9.84. The van der Waals surface area contributed by atoms with Crippen LogP contribution in [-0.4, -0.2) is 6.67 Å². The standard InChI is InChI=1S/C10H9BrFN/c1-7(5-12)9-4-2-3-8(6-13)10(9)11/h2-4,7H,5H2,1H3. The van der Waals surface area contributed by atoms with Gasteiger partial charge >= 0.3 is 0 Å². The Balaban J connectivity index is 3.17. The van der Waals surface area contributed by atoms with Gasteiger partial charge in [-0.2, -0.15) is 5.26 Å². The summed E-state index contributed by atoms with van der Waals surface area (Å²) in [5.41, 5.74) is 1.40. The van der Waals surface area contributed by atoms with Crippen molar-refractivity contribution in [1.29, 1.82) is 5.26 Å². The summed E-state index contributed by atoms with van der Waals surface area (Å²) in [7, 11) is 0. The van der Waals surface area contributed by atoms with Crippen LogP contribution in [0.5, 0.6) is 0 Å². The molecule has 1 nitrogen and oxygen atoms in total. The molecule has 0 heterocycles. The second-order valence-corrected chi connectivity index (χ2v) is 3.67. The van der Waals surface area contributed by atoms with Gasteiger partial charge < -0.3 is 0 Å². The molecule has 0 radical (unpaired) electrons. The van der Waals surface area contributed by atoms with E-state index in [1.165, 1.54) is 0 Å². The van der Waals surface area contributed by atoms with Gasteiger partial charge in [-0.3, -0.25) is 4.39 Å². The second-order valence-electron chi connectivity index (χ2n) is 2.88. The molecule has 0 amide bonds. The fourth-order valence-electron chi connectivity index (χ4n) is 1.10. The molecule has 0 aliphatic rings. The first kappa shape index (κ1) is 10.2. The van der Waals surface area contributed by atoms with Crippen LogP contribution >= 0.6 is 15.9 Å².